The highest BCUT2D eigenvalue weighted by molar-refractivity contribution is 9.10. The first-order chi connectivity index (χ1) is 11.8. The topological polar surface area (TPSA) is 56.0 Å². The van der Waals surface area contributed by atoms with E-state index < -0.39 is 0 Å². The molecule has 0 aliphatic carbocycles. The van der Waals surface area contributed by atoms with Crippen molar-refractivity contribution in [3.05, 3.63) is 70.2 Å². The summed E-state index contributed by atoms with van der Waals surface area (Å²) >= 11 is 5.14. The molecule has 5 nitrogen and oxygen atoms in total. The Balaban J connectivity index is 1.58. The molecule has 0 N–H and O–H groups in total. The number of thioether (sulfide) groups is 1. The van der Waals surface area contributed by atoms with Crippen LogP contribution < -0.4 is 0 Å². The summed E-state index contributed by atoms with van der Waals surface area (Å²) in [6.07, 6.45) is 5.34. The number of fused-ring (bicyclic) bond motifs is 1. The second-order valence-electron chi connectivity index (χ2n) is 5.41. The summed E-state index contributed by atoms with van der Waals surface area (Å²) in [4.78, 5) is 4.15. The average molecular weight is 400 g/mol. The van der Waals surface area contributed by atoms with Crippen molar-refractivity contribution >= 4 is 33.4 Å². The molecule has 0 saturated heterocycles. The maximum atomic E-state index is 4.77. The van der Waals surface area contributed by atoms with E-state index >= 15 is 0 Å². The van der Waals surface area contributed by atoms with Crippen molar-refractivity contribution in [2.75, 3.05) is 5.75 Å². The maximum Gasteiger partial charge on any atom is 0.212 e. The number of hydrogen-bond acceptors (Lipinski definition) is 5. The van der Waals surface area contributed by atoms with Crippen molar-refractivity contribution in [2.24, 2.45) is 5.10 Å². The van der Waals surface area contributed by atoms with Crippen molar-refractivity contribution in [3.63, 3.8) is 0 Å². The summed E-state index contributed by atoms with van der Waals surface area (Å²) in [6, 6.07) is 12.3. The largest absolute Gasteiger partial charge is 0.264 e. The lowest BCUT2D eigenvalue weighted by molar-refractivity contribution is 0.698. The highest BCUT2D eigenvalue weighted by atomic mass is 79.9. The summed E-state index contributed by atoms with van der Waals surface area (Å²) in [7, 11) is 0. The van der Waals surface area contributed by atoms with E-state index in [1.807, 2.05) is 29.1 Å². The number of hydrogen-bond donors (Lipinski definition) is 0. The standard InChI is InChI=1S/C17H14BrN5S/c18-14-6-4-13(5-7-14)15-11-24-17-21-20-16(23(17)22-15)8-3-12-2-1-9-19-10-12/h1-2,4-7,9-10H,3,8,11H2. The van der Waals surface area contributed by atoms with Gasteiger partial charge in [-0.15, -0.1) is 10.2 Å². The van der Waals surface area contributed by atoms with Gasteiger partial charge in [-0.1, -0.05) is 45.9 Å². The van der Waals surface area contributed by atoms with Crippen LogP contribution in [-0.4, -0.2) is 31.3 Å². The summed E-state index contributed by atoms with van der Waals surface area (Å²) < 4.78 is 2.94. The second-order valence-corrected chi connectivity index (χ2v) is 7.27. The first kappa shape index (κ1) is 15.5. The summed E-state index contributed by atoms with van der Waals surface area (Å²) in [5.41, 5.74) is 3.36. The van der Waals surface area contributed by atoms with Crippen LogP contribution in [0.5, 0.6) is 0 Å². The Morgan fingerprint density at radius 1 is 1.08 bits per heavy atom. The predicted molar refractivity (Wildman–Crippen MR) is 98.5 cm³/mol. The van der Waals surface area contributed by atoms with E-state index in [1.165, 1.54) is 5.56 Å². The smallest absolute Gasteiger partial charge is 0.212 e. The SMILES string of the molecule is Brc1ccc(C2=Nn3c(CCc4cccnc4)nnc3SC2)cc1. The molecule has 0 atom stereocenters. The zero-order valence-electron chi connectivity index (χ0n) is 12.8. The molecule has 1 aromatic carbocycles. The minimum atomic E-state index is 0.788. The number of nitrogens with zero attached hydrogens (tertiary/aromatic N) is 5. The van der Waals surface area contributed by atoms with Gasteiger partial charge in [0.25, 0.3) is 0 Å². The minimum absolute atomic E-state index is 0.788. The third-order valence-corrected chi connectivity index (χ3v) is 5.23. The number of aromatic nitrogens is 4. The first-order valence-corrected chi connectivity index (χ1v) is 9.37. The first-order valence-electron chi connectivity index (χ1n) is 7.59. The van der Waals surface area contributed by atoms with Crippen molar-refractivity contribution in [1.29, 1.82) is 0 Å². The predicted octanol–water partition coefficient (Wildman–Crippen LogP) is 3.58. The van der Waals surface area contributed by atoms with Gasteiger partial charge in [0.2, 0.25) is 5.16 Å². The van der Waals surface area contributed by atoms with E-state index in [4.69, 9.17) is 5.10 Å². The van der Waals surface area contributed by atoms with Gasteiger partial charge in [0.15, 0.2) is 5.82 Å². The summed E-state index contributed by atoms with van der Waals surface area (Å²) in [5, 5.41) is 14.2. The molecular weight excluding hydrogens is 386 g/mol. The molecule has 3 heterocycles. The highest BCUT2D eigenvalue weighted by Gasteiger charge is 2.19. The van der Waals surface area contributed by atoms with Crippen LogP contribution in [0.2, 0.25) is 0 Å². The number of aryl methyl sites for hydroxylation is 2. The summed E-state index contributed by atoms with van der Waals surface area (Å²) in [6.45, 7) is 0. The van der Waals surface area contributed by atoms with Gasteiger partial charge in [-0.3, -0.25) is 4.98 Å². The van der Waals surface area contributed by atoms with E-state index in [1.54, 1.807) is 18.0 Å². The third kappa shape index (κ3) is 3.27. The Bertz CT molecular complexity index is 874. The molecule has 0 bridgehead atoms. The van der Waals surface area contributed by atoms with Crippen molar-refractivity contribution in [1.82, 2.24) is 19.9 Å². The van der Waals surface area contributed by atoms with Crippen molar-refractivity contribution < 1.29 is 0 Å². The molecule has 2 aromatic heterocycles. The normalized spacial score (nSPS) is 13.5. The highest BCUT2D eigenvalue weighted by Crippen LogP contribution is 2.25. The lowest BCUT2D eigenvalue weighted by Gasteiger charge is -2.14. The molecule has 24 heavy (non-hydrogen) atoms. The molecule has 0 amide bonds. The Labute approximate surface area is 152 Å². The van der Waals surface area contributed by atoms with Gasteiger partial charge < -0.3 is 0 Å². The van der Waals surface area contributed by atoms with E-state index in [9.17, 15) is 0 Å². The lowest BCUT2D eigenvalue weighted by atomic mass is 10.1. The van der Waals surface area contributed by atoms with E-state index in [2.05, 4.69) is 49.3 Å². The fourth-order valence-electron chi connectivity index (χ4n) is 2.51. The number of rotatable bonds is 4. The van der Waals surface area contributed by atoms with Gasteiger partial charge in [0, 0.05) is 29.0 Å². The zero-order chi connectivity index (χ0) is 16.4. The molecule has 0 radical (unpaired) electrons. The average Bonchev–Trinajstić information content (AvgIpc) is 3.04. The molecule has 1 aliphatic heterocycles. The second kappa shape index (κ2) is 6.86. The van der Waals surface area contributed by atoms with E-state index in [0.29, 0.717) is 0 Å². The van der Waals surface area contributed by atoms with Crippen LogP contribution in [-0.2, 0) is 12.8 Å². The van der Waals surface area contributed by atoms with Crippen LogP contribution in [0.25, 0.3) is 0 Å². The van der Waals surface area contributed by atoms with E-state index in [0.717, 1.165) is 45.3 Å². The molecule has 0 fully saturated rings. The quantitative estimate of drug-likeness (QED) is 0.672. The molecule has 0 saturated carbocycles. The van der Waals surface area contributed by atoms with Crippen LogP contribution >= 0.6 is 27.7 Å². The Morgan fingerprint density at radius 2 is 1.96 bits per heavy atom. The van der Waals surface area contributed by atoms with Crippen molar-refractivity contribution in [2.45, 2.75) is 18.0 Å². The lowest BCUT2D eigenvalue weighted by Crippen LogP contribution is -2.14. The zero-order valence-corrected chi connectivity index (χ0v) is 15.2. The van der Waals surface area contributed by atoms with Crippen molar-refractivity contribution in [3.8, 4) is 0 Å². The van der Waals surface area contributed by atoms with Crippen LogP contribution in [0.15, 0.2) is 63.5 Å². The molecule has 7 heteroatoms. The number of halogens is 1. The monoisotopic (exact) mass is 399 g/mol. The van der Waals surface area contributed by atoms with Crippen LogP contribution in [0.4, 0.5) is 0 Å². The molecule has 0 unspecified atom stereocenters. The van der Waals surface area contributed by atoms with Gasteiger partial charge in [-0.25, -0.2) is 0 Å². The Hall–Kier alpha value is -1.99. The van der Waals surface area contributed by atoms with Crippen LogP contribution in [0.3, 0.4) is 0 Å². The van der Waals surface area contributed by atoms with Gasteiger partial charge >= 0.3 is 0 Å². The molecule has 1 aliphatic rings. The summed E-state index contributed by atoms with van der Waals surface area (Å²) in [5.74, 6) is 1.69. The molecular formula is C17H14BrN5S. The van der Waals surface area contributed by atoms with Gasteiger partial charge in [0.1, 0.15) is 0 Å². The third-order valence-electron chi connectivity index (χ3n) is 3.77. The van der Waals surface area contributed by atoms with Crippen LogP contribution in [0.1, 0.15) is 17.0 Å². The Morgan fingerprint density at radius 3 is 2.75 bits per heavy atom. The fraction of sp³-hybridized carbons (Fsp3) is 0.176. The number of benzene rings is 1. The molecule has 120 valence electrons. The molecule has 3 aromatic rings. The molecule has 0 spiro atoms. The Kier molecular flexibility index (Phi) is 4.44. The molecule has 4 rings (SSSR count). The fourth-order valence-corrected chi connectivity index (χ4v) is 3.63. The van der Waals surface area contributed by atoms with Gasteiger partial charge in [-0.05, 0) is 35.7 Å². The maximum absolute atomic E-state index is 4.77. The van der Waals surface area contributed by atoms with Crippen LogP contribution in [0, 0.1) is 0 Å². The van der Waals surface area contributed by atoms with E-state index in [-0.39, 0.29) is 0 Å². The van der Waals surface area contributed by atoms with Gasteiger partial charge in [-0.2, -0.15) is 9.78 Å². The van der Waals surface area contributed by atoms with Gasteiger partial charge in [0.05, 0.1) is 5.71 Å². The minimum Gasteiger partial charge on any atom is -0.264 e. The number of pyridine rings is 1.